The molecule has 0 saturated heterocycles. The van der Waals surface area contributed by atoms with Crippen molar-refractivity contribution < 1.29 is 4.39 Å². The van der Waals surface area contributed by atoms with E-state index in [2.05, 4.69) is 24.4 Å². The van der Waals surface area contributed by atoms with Gasteiger partial charge in [-0.1, -0.05) is 42.0 Å². The highest BCUT2D eigenvalue weighted by Crippen LogP contribution is 2.51. The minimum atomic E-state index is -0.138. The van der Waals surface area contributed by atoms with E-state index in [0.717, 1.165) is 28.3 Å². The second-order valence-electron chi connectivity index (χ2n) is 6.18. The zero-order chi connectivity index (χ0) is 15.3. The average molecular weight is 314 g/mol. The first-order valence-electron chi connectivity index (χ1n) is 7.63. The number of rotatable bonds is 1. The molecule has 0 fully saturated rings. The number of hydrogen-bond donors (Lipinski definition) is 1. The first-order valence-corrected chi connectivity index (χ1v) is 8.00. The summed E-state index contributed by atoms with van der Waals surface area (Å²) >= 11 is 6.24. The highest BCUT2D eigenvalue weighted by molar-refractivity contribution is 6.30. The van der Waals surface area contributed by atoms with Crippen molar-refractivity contribution in [2.24, 2.45) is 5.92 Å². The second-order valence-corrected chi connectivity index (χ2v) is 6.62. The van der Waals surface area contributed by atoms with Crippen LogP contribution in [0.25, 0.3) is 0 Å². The van der Waals surface area contributed by atoms with Gasteiger partial charge in [0.1, 0.15) is 5.82 Å². The van der Waals surface area contributed by atoms with Gasteiger partial charge in [-0.05, 0) is 48.6 Å². The molecular formula is C19H17ClFN. The average Bonchev–Trinajstić information content (AvgIpc) is 2.97. The van der Waals surface area contributed by atoms with Crippen LogP contribution in [0.2, 0.25) is 5.02 Å². The van der Waals surface area contributed by atoms with Crippen LogP contribution < -0.4 is 5.32 Å². The lowest BCUT2D eigenvalue weighted by atomic mass is 9.76. The molecule has 1 nitrogen and oxygen atoms in total. The topological polar surface area (TPSA) is 12.0 Å². The van der Waals surface area contributed by atoms with Gasteiger partial charge in [0.2, 0.25) is 0 Å². The van der Waals surface area contributed by atoms with E-state index < -0.39 is 0 Å². The molecular weight excluding hydrogens is 297 g/mol. The van der Waals surface area contributed by atoms with Crippen molar-refractivity contribution >= 4 is 17.3 Å². The first-order chi connectivity index (χ1) is 10.6. The van der Waals surface area contributed by atoms with Crippen LogP contribution in [0.15, 0.2) is 48.6 Å². The summed E-state index contributed by atoms with van der Waals surface area (Å²) in [5.41, 5.74) is 4.20. The van der Waals surface area contributed by atoms with Crippen LogP contribution in [-0.4, -0.2) is 0 Å². The molecule has 0 amide bonds. The van der Waals surface area contributed by atoms with Gasteiger partial charge in [0, 0.05) is 22.2 Å². The molecule has 0 saturated carbocycles. The van der Waals surface area contributed by atoms with Crippen LogP contribution in [0.5, 0.6) is 0 Å². The Labute approximate surface area is 134 Å². The van der Waals surface area contributed by atoms with Crippen molar-refractivity contribution in [1.82, 2.24) is 0 Å². The number of nitrogens with one attached hydrogen (secondary N) is 1. The highest BCUT2D eigenvalue weighted by atomic mass is 35.5. The maximum atomic E-state index is 14.3. The Bertz CT molecular complexity index is 768. The molecule has 3 heteroatoms. The third-order valence-electron chi connectivity index (χ3n) is 4.87. The smallest absolute Gasteiger partial charge is 0.128 e. The number of halogens is 2. The van der Waals surface area contributed by atoms with E-state index in [1.54, 1.807) is 12.1 Å². The predicted octanol–water partition coefficient (Wildman–Crippen LogP) is 5.61. The summed E-state index contributed by atoms with van der Waals surface area (Å²) in [7, 11) is 0. The molecule has 2 aromatic rings. The van der Waals surface area contributed by atoms with Crippen molar-refractivity contribution in [3.63, 3.8) is 0 Å². The fraction of sp³-hybridized carbons (Fsp3) is 0.263. The molecule has 112 valence electrons. The molecule has 0 aromatic heterocycles. The van der Waals surface area contributed by atoms with E-state index >= 15 is 0 Å². The number of hydrogen-bond acceptors (Lipinski definition) is 1. The summed E-state index contributed by atoms with van der Waals surface area (Å²) in [6.45, 7) is 2.05. The van der Waals surface area contributed by atoms with Gasteiger partial charge in [-0.2, -0.15) is 0 Å². The number of aryl methyl sites for hydroxylation is 1. The molecule has 0 spiro atoms. The van der Waals surface area contributed by atoms with E-state index in [-0.39, 0.29) is 11.9 Å². The van der Waals surface area contributed by atoms with Crippen LogP contribution in [0.1, 0.15) is 35.1 Å². The quantitative estimate of drug-likeness (QED) is 0.674. The van der Waals surface area contributed by atoms with Gasteiger partial charge >= 0.3 is 0 Å². The summed E-state index contributed by atoms with van der Waals surface area (Å²) < 4.78 is 14.3. The fourth-order valence-corrected chi connectivity index (χ4v) is 4.16. The summed E-state index contributed by atoms with van der Waals surface area (Å²) in [5.74, 6) is 0.501. The fourth-order valence-electron chi connectivity index (χ4n) is 3.88. The number of allylic oxidation sites excluding steroid dienone is 2. The molecule has 1 N–H and O–H groups in total. The van der Waals surface area contributed by atoms with Gasteiger partial charge in [-0.3, -0.25) is 0 Å². The van der Waals surface area contributed by atoms with Gasteiger partial charge in [-0.25, -0.2) is 4.39 Å². The Morgan fingerprint density at radius 1 is 1.18 bits per heavy atom. The molecule has 0 radical (unpaired) electrons. The molecule has 1 aliphatic heterocycles. The Hall–Kier alpha value is -1.80. The zero-order valence-electron chi connectivity index (χ0n) is 12.3. The summed E-state index contributed by atoms with van der Waals surface area (Å²) in [6, 6.07) is 11.1. The van der Waals surface area contributed by atoms with Gasteiger partial charge in [-0.15, -0.1) is 0 Å². The number of benzene rings is 2. The molecule has 2 aromatic carbocycles. The van der Waals surface area contributed by atoms with E-state index in [1.807, 2.05) is 24.3 Å². The molecule has 3 atom stereocenters. The zero-order valence-corrected chi connectivity index (χ0v) is 13.1. The number of anilines is 1. The normalized spacial score (nSPS) is 25.5. The predicted molar refractivity (Wildman–Crippen MR) is 88.9 cm³/mol. The molecule has 22 heavy (non-hydrogen) atoms. The molecule has 0 bridgehead atoms. The first kappa shape index (κ1) is 13.8. The third kappa shape index (κ3) is 2.05. The lowest BCUT2D eigenvalue weighted by molar-refractivity contribution is 0.413. The lowest BCUT2D eigenvalue weighted by Gasteiger charge is -2.38. The minimum Gasteiger partial charge on any atom is -0.377 e. The van der Waals surface area contributed by atoms with Crippen LogP contribution in [-0.2, 0) is 0 Å². The van der Waals surface area contributed by atoms with Crippen molar-refractivity contribution in [3.8, 4) is 0 Å². The van der Waals surface area contributed by atoms with Crippen molar-refractivity contribution in [1.29, 1.82) is 0 Å². The second kappa shape index (κ2) is 5.13. The van der Waals surface area contributed by atoms with E-state index in [4.69, 9.17) is 11.6 Å². The largest absolute Gasteiger partial charge is 0.377 e. The van der Waals surface area contributed by atoms with Gasteiger partial charge < -0.3 is 5.32 Å². The van der Waals surface area contributed by atoms with Crippen molar-refractivity contribution in [2.45, 2.75) is 25.3 Å². The Kier molecular flexibility index (Phi) is 3.23. The van der Waals surface area contributed by atoms with Crippen LogP contribution in [0.3, 0.4) is 0 Å². The standard InChI is InChI=1S/C19H17ClFN/c1-11-9-12(20)10-16-13-6-4-7-14(13)19(22-18(11)16)15-5-2-3-8-17(15)21/h2-6,8-10,13-14,19,22H,7H2,1H3/t13-,14-,19+/m1/s1. The Morgan fingerprint density at radius 3 is 2.82 bits per heavy atom. The minimum absolute atomic E-state index is 0.00595. The van der Waals surface area contributed by atoms with Crippen LogP contribution in [0.4, 0.5) is 10.1 Å². The Balaban J connectivity index is 1.86. The maximum absolute atomic E-state index is 14.3. The van der Waals surface area contributed by atoms with Crippen molar-refractivity contribution in [2.75, 3.05) is 5.32 Å². The van der Waals surface area contributed by atoms with E-state index in [1.165, 1.54) is 5.56 Å². The molecule has 1 heterocycles. The lowest BCUT2D eigenvalue weighted by Crippen LogP contribution is -2.30. The monoisotopic (exact) mass is 313 g/mol. The van der Waals surface area contributed by atoms with Gasteiger partial charge in [0.05, 0.1) is 6.04 Å². The summed E-state index contributed by atoms with van der Waals surface area (Å²) in [6.07, 6.45) is 5.41. The Morgan fingerprint density at radius 2 is 2.00 bits per heavy atom. The molecule has 0 unspecified atom stereocenters. The van der Waals surface area contributed by atoms with Crippen LogP contribution >= 0.6 is 11.6 Å². The van der Waals surface area contributed by atoms with E-state index in [9.17, 15) is 4.39 Å². The molecule has 2 aliphatic rings. The molecule has 4 rings (SSSR count). The number of fused-ring (bicyclic) bond motifs is 3. The van der Waals surface area contributed by atoms with Crippen molar-refractivity contribution in [3.05, 3.63) is 76.1 Å². The maximum Gasteiger partial charge on any atom is 0.128 e. The van der Waals surface area contributed by atoms with Gasteiger partial charge in [0.15, 0.2) is 0 Å². The molecule has 1 aliphatic carbocycles. The third-order valence-corrected chi connectivity index (χ3v) is 5.09. The van der Waals surface area contributed by atoms with E-state index in [0.29, 0.717) is 11.8 Å². The summed E-state index contributed by atoms with van der Waals surface area (Å²) in [4.78, 5) is 0. The van der Waals surface area contributed by atoms with Gasteiger partial charge in [0.25, 0.3) is 0 Å². The highest BCUT2D eigenvalue weighted by Gasteiger charge is 2.39. The SMILES string of the molecule is Cc1cc(Cl)cc2c1N[C@H](c1ccccc1F)[C@@H]1CC=C[C@@H]21. The summed E-state index contributed by atoms with van der Waals surface area (Å²) in [5, 5.41) is 4.35. The van der Waals surface area contributed by atoms with Crippen LogP contribution in [0, 0.1) is 18.7 Å².